The summed E-state index contributed by atoms with van der Waals surface area (Å²) in [6.45, 7) is 1.00. The van der Waals surface area contributed by atoms with Gasteiger partial charge in [-0.1, -0.05) is 19.3 Å². The second-order valence-electron chi connectivity index (χ2n) is 4.96. The summed E-state index contributed by atoms with van der Waals surface area (Å²) in [4.78, 5) is 11.2. The van der Waals surface area contributed by atoms with Crippen LogP contribution in [0.1, 0.15) is 44.9 Å². The molecule has 2 fully saturated rings. The molecule has 86 valence electrons. The lowest BCUT2D eigenvalue weighted by molar-refractivity contribution is -0.143. The molecule has 2 atom stereocenters. The lowest BCUT2D eigenvalue weighted by atomic mass is 9.85. The highest BCUT2D eigenvalue weighted by molar-refractivity contribution is 5.71. The molecule has 0 aromatic carbocycles. The molecule has 1 saturated carbocycles. The fourth-order valence-corrected chi connectivity index (χ4v) is 3.17. The first kappa shape index (κ1) is 10.9. The number of hydrogen-bond donors (Lipinski definition) is 2. The molecular formula is C12H21NO2. The Hall–Kier alpha value is -0.570. The Balaban J connectivity index is 2.05. The maximum Gasteiger partial charge on any atom is 0.308 e. The zero-order valence-electron chi connectivity index (χ0n) is 9.24. The minimum atomic E-state index is -0.596. The molecule has 0 spiro atoms. The molecule has 0 bridgehead atoms. The van der Waals surface area contributed by atoms with E-state index in [1.54, 1.807) is 0 Å². The first-order valence-corrected chi connectivity index (χ1v) is 6.25. The second kappa shape index (κ2) is 4.97. The number of aliphatic carboxylic acids is 1. The standard InChI is InChI=1S/C12H21NO2/c14-12(15)10-7-3-4-8-13-11(10)9-5-1-2-6-9/h9-11,13H,1-8H2,(H,14,15)/t10-,11+/m0/s1. The van der Waals surface area contributed by atoms with Crippen LogP contribution in [-0.2, 0) is 4.79 Å². The zero-order valence-corrected chi connectivity index (χ0v) is 9.24. The number of rotatable bonds is 2. The molecular weight excluding hydrogens is 190 g/mol. The van der Waals surface area contributed by atoms with E-state index in [1.807, 2.05) is 0 Å². The van der Waals surface area contributed by atoms with Crippen molar-refractivity contribution in [3.8, 4) is 0 Å². The third-order valence-corrected chi connectivity index (χ3v) is 3.98. The molecule has 3 nitrogen and oxygen atoms in total. The summed E-state index contributed by atoms with van der Waals surface area (Å²) in [5, 5.41) is 12.7. The van der Waals surface area contributed by atoms with E-state index in [0.29, 0.717) is 5.92 Å². The molecule has 1 heterocycles. The average molecular weight is 211 g/mol. The molecule has 0 unspecified atom stereocenters. The van der Waals surface area contributed by atoms with Gasteiger partial charge in [0.25, 0.3) is 0 Å². The van der Waals surface area contributed by atoms with Crippen molar-refractivity contribution < 1.29 is 9.90 Å². The van der Waals surface area contributed by atoms with E-state index < -0.39 is 5.97 Å². The SMILES string of the molecule is O=C(O)[C@H]1CCCCN[C@@H]1C1CCCC1. The van der Waals surface area contributed by atoms with Crippen molar-refractivity contribution >= 4 is 5.97 Å². The number of nitrogens with one attached hydrogen (secondary N) is 1. The predicted octanol–water partition coefficient (Wildman–Crippen LogP) is 2.02. The summed E-state index contributed by atoms with van der Waals surface area (Å²) in [5.74, 6) is -0.124. The van der Waals surface area contributed by atoms with Gasteiger partial charge in [0.05, 0.1) is 5.92 Å². The van der Waals surface area contributed by atoms with Crippen molar-refractivity contribution in [3.05, 3.63) is 0 Å². The van der Waals surface area contributed by atoms with Crippen LogP contribution in [0.15, 0.2) is 0 Å². The van der Waals surface area contributed by atoms with Crippen molar-refractivity contribution in [2.75, 3.05) is 6.54 Å². The van der Waals surface area contributed by atoms with Gasteiger partial charge in [-0.25, -0.2) is 0 Å². The van der Waals surface area contributed by atoms with E-state index in [9.17, 15) is 9.90 Å². The van der Waals surface area contributed by atoms with Gasteiger partial charge in [-0.05, 0) is 38.1 Å². The molecule has 0 radical (unpaired) electrons. The van der Waals surface area contributed by atoms with Gasteiger partial charge in [-0.3, -0.25) is 4.79 Å². The summed E-state index contributed by atoms with van der Waals surface area (Å²) in [5.41, 5.74) is 0. The van der Waals surface area contributed by atoms with Crippen molar-refractivity contribution in [1.29, 1.82) is 0 Å². The van der Waals surface area contributed by atoms with E-state index >= 15 is 0 Å². The minimum Gasteiger partial charge on any atom is -0.481 e. The quantitative estimate of drug-likeness (QED) is 0.734. The molecule has 0 aromatic rings. The van der Waals surface area contributed by atoms with Gasteiger partial charge in [0.2, 0.25) is 0 Å². The van der Waals surface area contributed by atoms with Gasteiger partial charge in [-0.2, -0.15) is 0 Å². The lowest BCUT2D eigenvalue weighted by Gasteiger charge is -2.28. The Morgan fingerprint density at radius 1 is 1.07 bits per heavy atom. The summed E-state index contributed by atoms with van der Waals surface area (Å²) < 4.78 is 0. The fourth-order valence-electron chi connectivity index (χ4n) is 3.17. The molecule has 1 saturated heterocycles. The normalized spacial score (nSPS) is 33.9. The number of carboxylic acids is 1. The van der Waals surface area contributed by atoms with Gasteiger partial charge in [0, 0.05) is 6.04 Å². The highest BCUT2D eigenvalue weighted by atomic mass is 16.4. The minimum absolute atomic E-state index is 0.143. The van der Waals surface area contributed by atoms with E-state index in [1.165, 1.54) is 25.7 Å². The molecule has 1 aliphatic heterocycles. The van der Waals surface area contributed by atoms with E-state index in [4.69, 9.17) is 0 Å². The molecule has 3 heteroatoms. The summed E-state index contributed by atoms with van der Waals surface area (Å²) in [6.07, 6.45) is 8.08. The van der Waals surface area contributed by atoms with E-state index in [0.717, 1.165) is 25.8 Å². The van der Waals surface area contributed by atoms with Crippen LogP contribution in [-0.4, -0.2) is 23.7 Å². The Labute approximate surface area is 91.2 Å². The molecule has 0 aromatic heterocycles. The Bertz CT molecular complexity index is 224. The predicted molar refractivity (Wildman–Crippen MR) is 58.7 cm³/mol. The monoisotopic (exact) mass is 211 g/mol. The zero-order chi connectivity index (χ0) is 10.7. The number of hydrogen-bond acceptors (Lipinski definition) is 2. The third kappa shape index (κ3) is 2.51. The molecule has 15 heavy (non-hydrogen) atoms. The maximum atomic E-state index is 11.2. The van der Waals surface area contributed by atoms with Crippen LogP contribution in [0.3, 0.4) is 0 Å². The van der Waals surface area contributed by atoms with Crippen LogP contribution in [0.25, 0.3) is 0 Å². The average Bonchev–Trinajstić information content (AvgIpc) is 2.61. The van der Waals surface area contributed by atoms with Crippen LogP contribution in [0.5, 0.6) is 0 Å². The van der Waals surface area contributed by atoms with Crippen LogP contribution in [0.2, 0.25) is 0 Å². The molecule has 1 aliphatic carbocycles. The van der Waals surface area contributed by atoms with Crippen LogP contribution in [0, 0.1) is 11.8 Å². The van der Waals surface area contributed by atoms with E-state index in [2.05, 4.69) is 5.32 Å². The molecule has 2 rings (SSSR count). The molecule has 0 amide bonds. The first-order chi connectivity index (χ1) is 7.29. The van der Waals surface area contributed by atoms with E-state index in [-0.39, 0.29) is 12.0 Å². The van der Waals surface area contributed by atoms with Crippen LogP contribution >= 0.6 is 0 Å². The van der Waals surface area contributed by atoms with Crippen molar-refractivity contribution in [1.82, 2.24) is 5.32 Å². The Kier molecular flexibility index (Phi) is 3.62. The smallest absolute Gasteiger partial charge is 0.308 e. The Morgan fingerprint density at radius 2 is 1.73 bits per heavy atom. The lowest BCUT2D eigenvalue weighted by Crippen LogP contribution is -2.43. The highest BCUT2D eigenvalue weighted by Crippen LogP contribution is 2.33. The molecule has 2 N–H and O–H groups in total. The summed E-state index contributed by atoms with van der Waals surface area (Å²) in [7, 11) is 0. The third-order valence-electron chi connectivity index (χ3n) is 3.98. The Morgan fingerprint density at radius 3 is 2.40 bits per heavy atom. The number of carbonyl (C=O) groups is 1. The van der Waals surface area contributed by atoms with Gasteiger partial charge in [0.15, 0.2) is 0 Å². The highest BCUT2D eigenvalue weighted by Gasteiger charge is 2.35. The molecule has 2 aliphatic rings. The van der Waals surface area contributed by atoms with Crippen molar-refractivity contribution in [2.24, 2.45) is 11.8 Å². The van der Waals surface area contributed by atoms with Gasteiger partial charge in [0.1, 0.15) is 0 Å². The summed E-state index contributed by atoms with van der Waals surface area (Å²) in [6, 6.07) is 0.243. The van der Waals surface area contributed by atoms with Gasteiger partial charge >= 0.3 is 5.97 Å². The first-order valence-electron chi connectivity index (χ1n) is 6.25. The summed E-state index contributed by atoms with van der Waals surface area (Å²) >= 11 is 0. The van der Waals surface area contributed by atoms with Crippen molar-refractivity contribution in [2.45, 2.75) is 51.0 Å². The van der Waals surface area contributed by atoms with Gasteiger partial charge < -0.3 is 10.4 Å². The van der Waals surface area contributed by atoms with Crippen LogP contribution in [0.4, 0.5) is 0 Å². The largest absolute Gasteiger partial charge is 0.481 e. The van der Waals surface area contributed by atoms with Crippen molar-refractivity contribution in [3.63, 3.8) is 0 Å². The second-order valence-corrected chi connectivity index (χ2v) is 4.96. The van der Waals surface area contributed by atoms with Crippen LogP contribution < -0.4 is 5.32 Å². The number of carboxylic acid groups (broad SMARTS) is 1. The maximum absolute atomic E-state index is 11.2. The topological polar surface area (TPSA) is 49.3 Å². The van der Waals surface area contributed by atoms with Gasteiger partial charge in [-0.15, -0.1) is 0 Å². The fraction of sp³-hybridized carbons (Fsp3) is 0.917.